The van der Waals surface area contributed by atoms with Crippen molar-refractivity contribution in [3.8, 4) is 0 Å². The summed E-state index contributed by atoms with van der Waals surface area (Å²) in [5.74, 6) is 0. The van der Waals surface area contributed by atoms with Gasteiger partial charge in [-0.1, -0.05) is 55.7 Å². The van der Waals surface area contributed by atoms with Crippen LogP contribution in [0.2, 0.25) is 0 Å². The van der Waals surface area contributed by atoms with Crippen LogP contribution in [0.25, 0.3) is 39.3 Å². The van der Waals surface area contributed by atoms with E-state index in [2.05, 4.69) is 67.8 Å². The first kappa shape index (κ1) is 11.2. The van der Waals surface area contributed by atoms with Gasteiger partial charge in [-0.25, -0.2) is 0 Å². The number of hydrogen-bond acceptors (Lipinski definition) is 0. The summed E-state index contributed by atoms with van der Waals surface area (Å²) in [6, 6.07) is 15.2. The molecular formula is C20H14. The lowest BCUT2D eigenvalue weighted by Gasteiger charge is -2.11. The molecule has 0 amide bonds. The van der Waals surface area contributed by atoms with Gasteiger partial charge in [0.25, 0.3) is 0 Å². The molecule has 0 aliphatic heterocycles. The zero-order valence-corrected chi connectivity index (χ0v) is 11.2. The van der Waals surface area contributed by atoms with Crippen LogP contribution in [-0.4, -0.2) is 0 Å². The third-order valence-corrected chi connectivity index (χ3v) is 4.07. The maximum absolute atomic E-state index is 4.14. The zero-order valence-electron chi connectivity index (χ0n) is 11.2. The van der Waals surface area contributed by atoms with Gasteiger partial charge < -0.3 is 0 Å². The molecule has 0 heterocycles. The molecule has 1 aliphatic rings. The SMILES string of the molecule is C=Cc1cc2cc3ccccc3cc2c2c1C(=C)C=C2. The van der Waals surface area contributed by atoms with Crippen molar-refractivity contribution in [2.45, 2.75) is 0 Å². The monoisotopic (exact) mass is 254 g/mol. The first-order valence-electron chi connectivity index (χ1n) is 6.77. The van der Waals surface area contributed by atoms with Crippen LogP contribution in [0.5, 0.6) is 0 Å². The topological polar surface area (TPSA) is 0 Å². The van der Waals surface area contributed by atoms with Gasteiger partial charge in [-0.2, -0.15) is 0 Å². The number of benzene rings is 3. The van der Waals surface area contributed by atoms with Crippen molar-refractivity contribution in [3.05, 3.63) is 78.4 Å². The van der Waals surface area contributed by atoms with Gasteiger partial charge in [0.15, 0.2) is 0 Å². The molecule has 0 unspecified atom stereocenters. The molecule has 4 rings (SSSR count). The van der Waals surface area contributed by atoms with E-state index in [4.69, 9.17) is 0 Å². The molecule has 0 aromatic heterocycles. The Labute approximate surface area is 118 Å². The second kappa shape index (κ2) is 3.94. The molecule has 0 spiro atoms. The van der Waals surface area contributed by atoms with Crippen molar-refractivity contribution in [1.82, 2.24) is 0 Å². The average Bonchev–Trinajstić information content (AvgIpc) is 2.87. The standard InChI is InChI=1S/C20H14/c1-3-14-10-17-11-15-6-4-5-7-16(15)12-19(17)18-9-8-13(2)20(14)18/h3-12H,1-2H2. The molecule has 0 radical (unpaired) electrons. The van der Waals surface area contributed by atoms with Gasteiger partial charge in [0.05, 0.1) is 0 Å². The minimum atomic E-state index is 1.07. The normalized spacial score (nSPS) is 13.1. The Kier molecular flexibility index (Phi) is 2.22. The second-order valence-corrected chi connectivity index (χ2v) is 5.24. The predicted octanol–water partition coefficient (Wildman–Crippen LogP) is 5.68. The van der Waals surface area contributed by atoms with E-state index in [1.807, 2.05) is 6.08 Å². The number of rotatable bonds is 1. The molecule has 94 valence electrons. The molecule has 0 saturated carbocycles. The summed E-state index contributed by atoms with van der Waals surface area (Å²) in [6.07, 6.45) is 6.18. The first-order chi connectivity index (χ1) is 9.78. The third kappa shape index (κ3) is 1.42. The molecule has 0 bridgehead atoms. The largest absolute Gasteiger partial charge is 0.0984 e. The van der Waals surface area contributed by atoms with Crippen LogP contribution in [0.1, 0.15) is 16.7 Å². The van der Waals surface area contributed by atoms with Crippen LogP contribution in [0.4, 0.5) is 0 Å². The molecule has 0 fully saturated rings. The fraction of sp³-hybridized carbons (Fsp3) is 0. The first-order valence-corrected chi connectivity index (χ1v) is 6.77. The van der Waals surface area contributed by atoms with Crippen LogP contribution < -0.4 is 0 Å². The summed E-state index contributed by atoms with van der Waals surface area (Å²) < 4.78 is 0. The minimum Gasteiger partial charge on any atom is -0.0984 e. The van der Waals surface area contributed by atoms with E-state index in [-0.39, 0.29) is 0 Å². The summed E-state index contributed by atoms with van der Waals surface area (Å²) in [5.41, 5.74) is 4.73. The van der Waals surface area contributed by atoms with Crippen molar-refractivity contribution in [3.63, 3.8) is 0 Å². The van der Waals surface area contributed by atoms with Gasteiger partial charge in [0.1, 0.15) is 0 Å². The van der Waals surface area contributed by atoms with Crippen molar-refractivity contribution >= 4 is 39.3 Å². The summed E-state index contributed by atoms with van der Waals surface area (Å²) in [4.78, 5) is 0. The van der Waals surface area contributed by atoms with Crippen molar-refractivity contribution in [1.29, 1.82) is 0 Å². The molecule has 0 N–H and O–H groups in total. The summed E-state index contributed by atoms with van der Waals surface area (Å²) in [5, 5.41) is 5.10. The molecule has 0 nitrogen and oxygen atoms in total. The van der Waals surface area contributed by atoms with Gasteiger partial charge in [-0.05, 0) is 62.0 Å². The molecular weight excluding hydrogens is 240 g/mol. The van der Waals surface area contributed by atoms with E-state index in [1.165, 1.54) is 32.7 Å². The minimum absolute atomic E-state index is 1.07. The second-order valence-electron chi connectivity index (χ2n) is 5.24. The smallest absolute Gasteiger partial charge is 0.00386 e. The van der Waals surface area contributed by atoms with E-state index in [1.54, 1.807) is 0 Å². The Morgan fingerprint density at radius 1 is 0.850 bits per heavy atom. The molecule has 0 saturated heterocycles. The fourth-order valence-electron chi connectivity index (χ4n) is 3.10. The Morgan fingerprint density at radius 2 is 1.60 bits per heavy atom. The van der Waals surface area contributed by atoms with Crippen molar-refractivity contribution in [2.75, 3.05) is 0 Å². The Balaban J connectivity index is 2.22. The number of fused-ring (bicyclic) bond motifs is 4. The van der Waals surface area contributed by atoms with Crippen LogP contribution in [0.15, 0.2) is 61.7 Å². The van der Waals surface area contributed by atoms with Crippen LogP contribution in [-0.2, 0) is 0 Å². The summed E-state index contributed by atoms with van der Waals surface area (Å²) in [6.45, 7) is 8.08. The van der Waals surface area contributed by atoms with E-state index in [0.717, 1.165) is 11.1 Å². The Bertz CT molecular complexity index is 924. The highest BCUT2D eigenvalue weighted by molar-refractivity contribution is 6.08. The highest BCUT2D eigenvalue weighted by atomic mass is 14.2. The van der Waals surface area contributed by atoms with Gasteiger partial charge in [-0.15, -0.1) is 0 Å². The maximum atomic E-state index is 4.14. The zero-order chi connectivity index (χ0) is 13.7. The van der Waals surface area contributed by atoms with Crippen LogP contribution in [0, 0.1) is 0 Å². The maximum Gasteiger partial charge on any atom is -0.00386 e. The number of hydrogen-bond donors (Lipinski definition) is 0. The Hall–Kier alpha value is -2.60. The predicted molar refractivity (Wildman–Crippen MR) is 89.6 cm³/mol. The third-order valence-electron chi connectivity index (χ3n) is 4.07. The average molecular weight is 254 g/mol. The van der Waals surface area contributed by atoms with Crippen molar-refractivity contribution in [2.24, 2.45) is 0 Å². The lowest BCUT2D eigenvalue weighted by atomic mass is 9.92. The van der Waals surface area contributed by atoms with Gasteiger partial charge >= 0.3 is 0 Å². The molecule has 0 atom stereocenters. The van der Waals surface area contributed by atoms with E-state index < -0.39 is 0 Å². The molecule has 0 heteroatoms. The fourth-order valence-corrected chi connectivity index (χ4v) is 3.10. The quantitative estimate of drug-likeness (QED) is 0.490. The van der Waals surface area contributed by atoms with Crippen LogP contribution >= 0.6 is 0 Å². The highest BCUT2D eigenvalue weighted by Gasteiger charge is 2.16. The molecule has 3 aromatic carbocycles. The van der Waals surface area contributed by atoms with Crippen molar-refractivity contribution < 1.29 is 0 Å². The molecule has 1 aliphatic carbocycles. The summed E-state index contributed by atoms with van der Waals surface area (Å²) in [7, 11) is 0. The Morgan fingerprint density at radius 3 is 2.35 bits per heavy atom. The highest BCUT2D eigenvalue weighted by Crippen LogP contribution is 2.38. The molecule has 3 aromatic rings. The van der Waals surface area contributed by atoms with Crippen LogP contribution in [0.3, 0.4) is 0 Å². The lowest BCUT2D eigenvalue weighted by Crippen LogP contribution is -1.89. The summed E-state index contributed by atoms with van der Waals surface area (Å²) >= 11 is 0. The molecule has 20 heavy (non-hydrogen) atoms. The lowest BCUT2D eigenvalue weighted by molar-refractivity contribution is 1.64. The van der Waals surface area contributed by atoms with E-state index in [9.17, 15) is 0 Å². The van der Waals surface area contributed by atoms with Gasteiger partial charge in [0, 0.05) is 0 Å². The van der Waals surface area contributed by atoms with Gasteiger partial charge in [0.2, 0.25) is 0 Å². The van der Waals surface area contributed by atoms with Gasteiger partial charge in [-0.3, -0.25) is 0 Å². The van der Waals surface area contributed by atoms with E-state index in [0.29, 0.717) is 0 Å². The van der Waals surface area contributed by atoms with E-state index >= 15 is 0 Å². The number of allylic oxidation sites excluding steroid dienone is 2.